The number of nitrogens with one attached hydrogen (secondary N) is 2. The zero-order valence-electron chi connectivity index (χ0n) is 15.3. The first-order valence-electron chi connectivity index (χ1n) is 8.48. The van der Waals surface area contributed by atoms with Crippen molar-refractivity contribution < 1.29 is 23.1 Å². The highest BCUT2D eigenvalue weighted by Gasteiger charge is 2.18. The maximum absolute atomic E-state index is 12.7. The number of hydrogen-bond acceptors (Lipinski definition) is 5. The van der Waals surface area contributed by atoms with E-state index < -0.39 is 21.8 Å². The SMILES string of the molecule is NC(=O)c1cccc(C(=O)Nc2cc(S(=O)(=O)Nc3cccc(Cl)c3)ccc2O)c1. The Morgan fingerprint density at radius 1 is 0.933 bits per heavy atom. The van der Waals surface area contributed by atoms with Gasteiger partial charge in [0.2, 0.25) is 5.91 Å². The number of halogens is 1. The minimum Gasteiger partial charge on any atom is -0.506 e. The molecule has 0 aliphatic carbocycles. The van der Waals surface area contributed by atoms with Crippen LogP contribution in [0.4, 0.5) is 11.4 Å². The molecule has 3 aromatic carbocycles. The summed E-state index contributed by atoms with van der Waals surface area (Å²) in [5, 5.41) is 12.8. The molecular formula is C20H16ClN3O5S. The van der Waals surface area contributed by atoms with Crippen LogP contribution in [-0.4, -0.2) is 25.3 Å². The van der Waals surface area contributed by atoms with Gasteiger partial charge in [0.1, 0.15) is 5.75 Å². The summed E-state index contributed by atoms with van der Waals surface area (Å²) in [6.45, 7) is 0. The van der Waals surface area contributed by atoms with Crippen LogP contribution in [0.5, 0.6) is 5.75 Å². The molecule has 0 fully saturated rings. The van der Waals surface area contributed by atoms with Crippen LogP contribution in [0.15, 0.2) is 71.6 Å². The fourth-order valence-corrected chi connectivity index (χ4v) is 3.82. The van der Waals surface area contributed by atoms with Gasteiger partial charge >= 0.3 is 0 Å². The van der Waals surface area contributed by atoms with Gasteiger partial charge in [0, 0.05) is 16.1 Å². The lowest BCUT2D eigenvalue weighted by atomic mass is 10.1. The third-order valence-corrected chi connectivity index (χ3v) is 5.63. The summed E-state index contributed by atoms with van der Waals surface area (Å²) in [6.07, 6.45) is 0. The van der Waals surface area contributed by atoms with Gasteiger partial charge in [0.05, 0.1) is 16.3 Å². The molecule has 0 unspecified atom stereocenters. The summed E-state index contributed by atoms with van der Waals surface area (Å²) >= 11 is 5.87. The molecule has 3 aromatic rings. The minimum atomic E-state index is -4.02. The van der Waals surface area contributed by atoms with Crippen LogP contribution in [0.1, 0.15) is 20.7 Å². The number of nitrogens with two attached hydrogens (primary N) is 1. The molecule has 0 saturated carbocycles. The average Bonchev–Trinajstić information content (AvgIpc) is 2.69. The molecule has 0 saturated heterocycles. The summed E-state index contributed by atoms with van der Waals surface area (Å²) in [5.74, 6) is -1.70. The van der Waals surface area contributed by atoms with Gasteiger partial charge in [-0.1, -0.05) is 23.7 Å². The standard InChI is InChI=1S/C20H16ClN3O5S/c21-14-5-2-6-15(10-14)24-30(28,29)16-7-8-18(25)17(11-16)23-20(27)13-4-1-3-12(9-13)19(22)26/h1-11,24-25H,(H2,22,26)(H,23,27). The van der Waals surface area contributed by atoms with Gasteiger partial charge < -0.3 is 16.2 Å². The largest absolute Gasteiger partial charge is 0.506 e. The van der Waals surface area contributed by atoms with Crippen LogP contribution in [0.3, 0.4) is 0 Å². The summed E-state index contributed by atoms with van der Waals surface area (Å²) < 4.78 is 27.7. The Balaban J connectivity index is 1.87. The van der Waals surface area contributed by atoms with E-state index in [-0.39, 0.29) is 33.1 Å². The van der Waals surface area contributed by atoms with E-state index in [1.54, 1.807) is 12.1 Å². The predicted molar refractivity (Wildman–Crippen MR) is 113 cm³/mol. The number of aromatic hydroxyl groups is 1. The van der Waals surface area contributed by atoms with Crippen molar-refractivity contribution in [2.24, 2.45) is 5.73 Å². The van der Waals surface area contributed by atoms with Crippen molar-refractivity contribution in [1.29, 1.82) is 0 Å². The normalized spacial score (nSPS) is 11.0. The van der Waals surface area contributed by atoms with Crippen molar-refractivity contribution >= 4 is 44.8 Å². The van der Waals surface area contributed by atoms with E-state index in [2.05, 4.69) is 10.0 Å². The van der Waals surface area contributed by atoms with Gasteiger partial charge in [0.25, 0.3) is 15.9 Å². The highest BCUT2D eigenvalue weighted by molar-refractivity contribution is 7.92. The van der Waals surface area contributed by atoms with E-state index in [4.69, 9.17) is 17.3 Å². The second-order valence-electron chi connectivity index (χ2n) is 6.19. The van der Waals surface area contributed by atoms with Crippen molar-refractivity contribution in [3.8, 4) is 5.75 Å². The van der Waals surface area contributed by atoms with Crippen LogP contribution in [-0.2, 0) is 10.0 Å². The lowest BCUT2D eigenvalue weighted by molar-refractivity contribution is 0.1000. The zero-order valence-corrected chi connectivity index (χ0v) is 16.9. The summed E-state index contributed by atoms with van der Waals surface area (Å²) in [4.78, 5) is 23.6. The Morgan fingerprint density at radius 3 is 2.33 bits per heavy atom. The molecule has 0 aliphatic rings. The molecule has 8 nitrogen and oxygen atoms in total. The van der Waals surface area contributed by atoms with Crippen LogP contribution < -0.4 is 15.8 Å². The smallest absolute Gasteiger partial charge is 0.261 e. The van der Waals surface area contributed by atoms with Gasteiger partial charge in [-0.05, 0) is 54.6 Å². The number of phenolic OH excluding ortho intramolecular Hbond substituents is 1. The lowest BCUT2D eigenvalue weighted by Crippen LogP contribution is -2.16. The number of benzene rings is 3. The topological polar surface area (TPSA) is 139 Å². The molecule has 10 heteroatoms. The third kappa shape index (κ3) is 4.88. The second kappa shape index (κ2) is 8.44. The number of carbonyl (C=O) groups is 2. The maximum atomic E-state index is 12.7. The Morgan fingerprint density at radius 2 is 1.63 bits per heavy atom. The second-order valence-corrected chi connectivity index (χ2v) is 8.31. The van der Waals surface area contributed by atoms with Crippen molar-refractivity contribution in [2.45, 2.75) is 4.90 Å². The molecular weight excluding hydrogens is 430 g/mol. The third-order valence-electron chi connectivity index (χ3n) is 4.01. The molecule has 5 N–H and O–H groups in total. The molecule has 2 amide bonds. The maximum Gasteiger partial charge on any atom is 0.261 e. The molecule has 0 atom stereocenters. The molecule has 0 aliphatic heterocycles. The number of rotatable bonds is 6. The van der Waals surface area contributed by atoms with E-state index in [1.165, 1.54) is 42.5 Å². The number of hydrogen-bond donors (Lipinski definition) is 4. The Hall–Kier alpha value is -3.56. The van der Waals surface area contributed by atoms with Crippen molar-refractivity contribution in [3.05, 3.63) is 82.9 Å². The number of primary amides is 1. The number of phenols is 1. The first-order valence-corrected chi connectivity index (χ1v) is 10.3. The quantitative estimate of drug-likeness (QED) is 0.431. The highest BCUT2D eigenvalue weighted by atomic mass is 35.5. The van der Waals surface area contributed by atoms with E-state index in [1.807, 2.05) is 0 Å². The Labute approximate surface area is 177 Å². The highest BCUT2D eigenvalue weighted by Crippen LogP contribution is 2.28. The Bertz CT molecular complexity index is 1240. The van der Waals surface area contributed by atoms with Crippen LogP contribution in [0.2, 0.25) is 5.02 Å². The molecule has 3 rings (SSSR count). The first kappa shape index (κ1) is 21.2. The molecule has 0 spiro atoms. The van der Waals surface area contributed by atoms with E-state index >= 15 is 0 Å². The van der Waals surface area contributed by atoms with Gasteiger partial charge in [-0.3, -0.25) is 14.3 Å². The predicted octanol–water partition coefficient (Wildman–Crippen LogP) is 3.20. The molecule has 0 heterocycles. The van der Waals surface area contributed by atoms with E-state index in [9.17, 15) is 23.1 Å². The monoisotopic (exact) mass is 445 g/mol. The number of carbonyl (C=O) groups excluding carboxylic acids is 2. The van der Waals surface area contributed by atoms with Gasteiger partial charge in [0.15, 0.2) is 0 Å². The van der Waals surface area contributed by atoms with E-state index in [0.29, 0.717) is 5.02 Å². The van der Waals surface area contributed by atoms with Gasteiger partial charge in [-0.2, -0.15) is 0 Å². The van der Waals surface area contributed by atoms with Gasteiger partial charge in [-0.25, -0.2) is 8.42 Å². The fraction of sp³-hybridized carbons (Fsp3) is 0. The molecule has 154 valence electrons. The number of amides is 2. The van der Waals surface area contributed by atoms with Crippen LogP contribution in [0, 0.1) is 0 Å². The fourth-order valence-electron chi connectivity index (χ4n) is 2.56. The van der Waals surface area contributed by atoms with Crippen LogP contribution in [0.25, 0.3) is 0 Å². The van der Waals surface area contributed by atoms with Crippen molar-refractivity contribution in [3.63, 3.8) is 0 Å². The van der Waals surface area contributed by atoms with Crippen molar-refractivity contribution in [1.82, 2.24) is 0 Å². The molecule has 0 aromatic heterocycles. The average molecular weight is 446 g/mol. The first-order chi connectivity index (χ1) is 14.2. The Kier molecular flexibility index (Phi) is 5.95. The minimum absolute atomic E-state index is 0.107. The van der Waals surface area contributed by atoms with Crippen LogP contribution >= 0.6 is 11.6 Å². The zero-order chi connectivity index (χ0) is 21.9. The summed E-state index contributed by atoms with van der Waals surface area (Å²) in [6, 6.07) is 15.2. The van der Waals surface area contributed by atoms with E-state index in [0.717, 1.165) is 12.1 Å². The summed E-state index contributed by atoms with van der Waals surface area (Å²) in [5.41, 5.74) is 5.58. The van der Waals surface area contributed by atoms with Crippen molar-refractivity contribution in [2.75, 3.05) is 10.0 Å². The lowest BCUT2D eigenvalue weighted by Gasteiger charge is -2.12. The number of anilines is 2. The molecule has 0 radical (unpaired) electrons. The van der Waals surface area contributed by atoms with Gasteiger partial charge in [-0.15, -0.1) is 0 Å². The molecule has 30 heavy (non-hydrogen) atoms. The molecule has 0 bridgehead atoms. The number of sulfonamides is 1. The summed E-state index contributed by atoms with van der Waals surface area (Å²) in [7, 11) is -4.02.